The summed E-state index contributed by atoms with van der Waals surface area (Å²) in [6.45, 7) is 5.95. The maximum absolute atomic E-state index is 6.02. The van der Waals surface area contributed by atoms with Gasteiger partial charge in [-0.05, 0) is 47.9 Å². The summed E-state index contributed by atoms with van der Waals surface area (Å²) in [5.41, 5.74) is 1.07. The Morgan fingerprint density at radius 1 is 0.781 bits per heavy atom. The zero-order valence-electron chi connectivity index (χ0n) is 20.4. The summed E-state index contributed by atoms with van der Waals surface area (Å²) in [6, 6.07) is 13.1. The lowest BCUT2D eigenvalue weighted by Crippen LogP contribution is -2.03. The molecule has 1 heterocycles. The Morgan fingerprint density at radius 2 is 1.41 bits per heavy atom. The fourth-order valence-electron chi connectivity index (χ4n) is 4.36. The van der Waals surface area contributed by atoms with Crippen molar-refractivity contribution in [3.05, 3.63) is 42.0 Å². The molecule has 0 amide bonds. The number of benzene rings is 2. The summed E-state index contributed by atoms with van der Waals surface area (Å²) < 4.78 is 11.8. The van der Waals surface area contributed by atoms with Crippen molar-refractivity contribution >= 4 is 16.7 Å². The fourth-order valence-corrected chi connectivity index (χ4v) is 4.36. The van der Waals surface area contributed by atoms with Crippen molar-refractivity contribution in [2.24, 2.45) is 4.99 Å². The van der Waals surface area contributed by atoms with E-state index in [4.69, 9.17) is 9.47 Å². The molecule has 1 atom stereocenters. The lowest BCUT2D eigenvalue weighted by Gasteiger charge is -2.09. The highest BCUT2D eigenvalue weighted by Gasteiger charge is 2.18. The molecule has 3 nitrogen and oxygen atoms in total. The molecule has 3 rings (SSSR count). The SMILES string of the molecule is CCCCCCCCCCCCCCOc1ccc2cc(C3=N[C@H](CC)CO3)ccc2c1. The van der Waals surface area contributed by atoms with Crippen LogP contribution in [0.15, 0.2) is 41.4 Å². The monoisotopic (exact) mass is 437 g/mol. The Morgan fingerprint density at radius 3 is 2.06 bits per heavy atom. The second kappa shape index (κ2) is 14.2. The number of aliphatic imine (C=N–C) groups is 1. The molecule has 0 aromatic heterocycles. The van der Waals surface area contributed by atoms with E-state index in [2.05, 4.69) is 55.2 Å². The molecular weight excluding hydrogens is 394 g/mol. The van der Waals surface area contributed by atoms with Crippen LogP contribution in [0.2, 0.25) is 0 Å². The lowest BCUT2D eigenvalue weighted by atomic mass is 10.1. The maximum atomic E-state index is 6.02. The van der Waals surface area contributed by atoms with Crippen molar-refractivity contribution in [1.82, 2.24) is 0 Å². The molecule has 3 heteroatoms. The quantitative estimate of drug-likeness (QED) is 0.247. The Balaban J connectivity index is 1.29. The Hall–Kier alpha value is -2.03. The molecular formula is C29H43NO2. The molecule has 0 spiro atoms. The van der Waals surface area contributed by atoms with Crippen molar-refractivity contribution < 1.29 is 9.47 Å². The first kappa shape index (κ1) is 24.6. The van der Waals surface area contributed by atoms with Gasteiger partial charge in [-0.25, -0.2) is 4.99 Å². The zero-order chi connectivity index (χ0) is 22.4. The van der Waals surface area contributed by atoms with Crippen LogP contribution in [0.25, 0.3) is 10.8 Å². The van der Waals surface area contributed by atoms with E-state index in [-0.39, 0.29) is 0 Å². The summed E-state index contributed by atoms with van der Waals surface area (Å²) in [6.07, 6.45) is 17.5. The minimum absolute atomic E-state index is 0.303. The van der Waals surface area contributed by atoms with Gasteiger partial charge >= 0.3 is 0 Å². The van der Waals surface area contributed by atoms with Crippen LogP contribution in [0.1, 0.15) is 103 Å². The average Bonchev–Trinajstić information content (AvgIpc) is 3.31. The molecule has 1 aliphatic rings. The van der Waals surface area contributed by atoms with E-state index in [1.165, 1.54) is 81.4 Å². The van der Waals surface area contributed by atoms with Crippen LogP contribution in [-0.2, 0) is 4.74 Å². The molecule has 0 bridgehead atoms. The van der Waals surface area contributed by atoms with E-state index in [0.717, 1.165) is 36.7 Å². The van der Waals surface area contributed by atoms with Gasteiger partial charge in [0.1, 0.15) is 12.4 Å². The first-order chi connectivity index (χ1) is 15.8. The van der Waals surface area contributed by atoms with Gasteiger partial charge in [-0.3, -0.25) is 0 Å². The van der Waals surface area contributed by atoms with Gasteiger partial charge in [0, 0.05) is 5.56 Å². The Bertz CT molecular complexity index is 829. The first-order valence-corrected chi connectivity index (χ1v) is 13.2. The van der Waals surface area contributed by atoms with Crippen LogP contribution in [0, 0.1) is 0 Å². The van der Waals surface area contributed by atoms with Crippen LogP contribution in [0.5, 0.6) is 5.75 Å². The molecule has 2 aromatic rings. The van der Waals surface area contributed by atoms with Crippen LogP contribution in [0.3, 0.4) is 0 Å². The minimum atomic E-state index is 0.303. The van der Waals surface area contributed by atoms with E-state index in [1.807, 2.05) is 0 Å². The van der Waals surface area contributed by atoms with Crippen molar-refractivity contribution in [1.29, 1.82) is 0 Å². The molecule has 0 saturated heterocycles. The average molecular weight is 438 g/mol. The highest BCUT2D eigenvalue weighted by atomic mass is 16.5. The van der Waals surface area contributed by atoms with E-state index in [1.54, 1.807) is 0 Å². The molecule has 0 radical (unpaired) electrons. The smallest absolute Gasteiger partial charge is 0.216 e. The van der Waals surface area contributed by atoms with Gasteiger partial charge < -0.3 is 9.47 Å². The van der Waals surface area contributed by atoms with Crippen LogP contribution in [0.4, 0.5) is 0 Å². The molecule has 0 fully saturated rings. The zero-order valence-corrected chi connectivity index (χ0v) is 20.4. The van der Waals surface area contributed by atoms with Gasteiger partial charge in [0.05, 0.1) is 12.6 Å². The number of hydrogen-bond donors (Lipinski definition) is 0. The second-order valence-electron chi connectivity index (χ2n) is 9.27. The number of rotatable bonds is 16. The summed E-state index contributed by atoms with van der Waals surface area (Å²) in [5.74, 6) is 1.75. The minimum Gasteiger partial charge on any atom is -0.494 e. The summed E-state index contributed by atoms with van der Waals surface area (Å²) >= 11 is 0. The molecule has 0 saturated carbocycles. The fraction of sp³-hybridized carbons (Fsp3) is 0.621. The largest absolute Gasteiger partial charge is 0.494 e. The highest BCUT2D eigenvalue weighted by molar-refractivity contribution is 5.99. The summed E-state index contributed by atoms with van der Waals surface area (Å²) in [7, 11) is 0. The third-order valence-corrected chi connectivity index (χ3v) is 6.51. The van der Waals surface area contributed by atoms with E-state index >= 15 is 0 Å². The summed E-state index contributed by atoms with van der Waals surface area (Å²) in [5, 5.41) is 2.40. The second-order valence-corrected chi connectivity index (χ2v) is 9.27. The third kappa shape index (κ3) is 8.15. The van der Waals surface area contributed by atoms with Gasteiger partial charge in [0.2, 0.25) is 5.90 Å². The molecule has 0 N–H and O–H groups in total. The van der Waals surface area contributed by atoms with Crippen LogP contribution >= 0.6 is 0 Å². The predicted octanol–water partition coefficient (Wildman–Crippen LogP) is 8.48. The highest BCUT2D eigenvalue weighted by Crippen LogP contribution is 2.24. The van der Waals surface area contributed by atoms with Crippen molar-refractivity contribution in [3.63, 3.8) is 0 Å². The number of hydrogen-bond acceptors (Lipinski definition) is 3. The van der Waals surface area contributed by atoms with E-state index in [0.29, 0.717) is 12.6 Å². The van der Waals surface area contributed by atoms with E-state index in [9.17, 15) is 0 Å². The summed E-state index contributed by atoms with van der Waals surface area (Å²) in [4.78, 5) is 4.67. The third-order valence-electron chi connectivity index (χ3n) is 6.51. The topological polar surface area (TPSA) is 30.8 Å². The molecule has 1 aliphatic heterocycles. The van der Waals surface area contributed by atoms with Gasteiger partial charge in [-0.2, -0.15) is 0 Å². The predicted molar refractivity (Wildman–Crippen MR) is 137 cm³/mol. The first-order valence-electron chi connectivity index (χ1n) is 13.2. The normalized spacial score (nSPS) is 15.7. The van der Waals surface area contributed by atoms with Gasteiger partial charge in [-0.15, -0.1) is 0 Å². The number of unbranched alkanes of at least 4 members (excludes halogenated alkanes) is 11. The standard InChI is InChI=1S/C29H43NO2/c1-3-5-6-7-8-9-10-11-12-13-14-15-20-31-28-19-18-24-21-26(17-16-25(24)22-28)29-30-27(4-2)23-32-29/h16-19,21-22,27H,3-15,20,23H2,1-2H3/t27-/m1/s1. The molecule has 0 aliphatic carbocycles. The number of fused-ring (bicyclic) bond motifs is 1. The van der Waals surface area contributed by atoms with Crippen LogP contribution < -0.4 is 4.74 Å². The number of ether oxygens (including phenoxy) is 2. The Labute approximate surface area is 195 Å². The molecule has 176 valence electrons. The van der Waals surface area contributed by atoms with E-state index < -0.39 is 0 Å². The van der Waals surface area contributed by atoms with Crippen LogP contribution in [-0.4, -0.2) is 25.2 Å². The van der Waals surface area contributed by atoms with Gasteiger partial charge in [0.25, 0.3) is 0 Å². The van der Waals surface area contributed by atoms with Crippen molar-refractivity contribution in [2.45, 2.75) is 103 Å². The molecule has 2 aromatic carbocycles. The number of nitrogens with zero attached hydrogens (tertiary/aromatic N) is 1. The van der Waals surface area contributed by atoms with Crippen molar-refractivity contribution in [2.75, 3.05) is 13.2 Å². The molecule has 0 unspecified atom stereocenters. The van der Waals surface area contributed by atoms with Crippen molar-refractivity contribution in [3.8, 4) is 5.75 Å². The maximum Gasteiger partial charge on any atom is 0.216 e. The Kier molecular flexibility index (Phi) is 10.9. The van der Waals surface area contributed by atoms with Gasteiger partial charge in [0.15, 0.2) is 0 Å². The molecule has 32 heavy (non-hydrogen) atoms. The lowest BCUT2D eigenvalue weighted by molar-refractivity contribution is 0.304. The van der Waals surface area contributed by atoms with Gasteiger partial charge in [-0.1, -0.05) is 96.6 Å².